The Morgan fingerprint density at radius 2 is 1.59 bits per heavy atom. The molecule has 0 saturated carbocycles. The Hall–Kier alpha value is -3.19. The number of carbonyl (C=O) groups excluding carboxylic acids is 1. The number of nitrogens with zero attached hydrogens (tertiary/aromatic N) is 1. The van der Waals surface area contributed by atoms with E-state index in [2.05, 4.69) is 15.0 Å². The van der Waals surface area contributed by atoms with Crippen molar-refractivity contribution in [2.75, 3.05) is 10.0 Å². The van der Waals surface area contributed by atoms with E-state index in [-0.39, 0.29) is 16.5 Å². The van der Waals surface area contributed by atoms with Gasteiger partial charge in [-0.3, -0.25) is 14.5 Å². The highest BCUT2D eigenvalue weighted by Crippen LogP contribution is 2.20. The number of benzene rings is 2. The Balaban J connectivity index is 1.73. The van der Waals surface area contributed by atoms with E-state index in [9.17, 15) is 13.2 Å². The van der Waals surface area contributed by atoms with Crippen molar-refractivity contribution in [2.45, 2.75) is 18.7 Å². The molecule has 1 aromatic heterocycles. The van der Waals surface area contributed by atoms with Gasteiger partial charge in [-0.05, 0) is 73.5 Å². The molecule has 1 amide bonds. The van der Waals surface area contributed by atoms with E-state index >= 15 is 0 Å². The van der Waals surface area contributed by atoms with Crippen LogP contribution in [0.5, 0.6) is 0 Å². The molecule has 0 unspecified atom stereocenters. The van der Waals surface area contributed by atoms with Crippen LogP contribution in [0.15, 0.2) is 71.8 Å². The Labute approximate surface area is 158 Å². The number of sulfonamides is 1. The van der Waals surface area contributed by atoms with Crippen molar-refractivity contribution in [1.29, 1.82) is 0 Å². The summed E-state index contributed by atoms with van der Waals surface area (Å²) in [6, 6.07) is 16.4. The summed E-state index contributed by atoms with van der Waals surface area (Å²) < 4.78 is 27.7. The van der Waals surface area contributed by atoms with Crippen LogP contribution in [0.1, 0.15) is 21.6 Å². The number of rotatable bonds is 5. The van der Waals surface area contributed by atoms with E-state index in [4.69, 9.17) is 0 Å². The van der Waals surface area contributed by atoms with Gasteiger partial charge in [-0.15, -0.1) is 0 Å². The minimum Gasteiger partial charge on any atom is -0.321 e. The molecule has 3 aromatic rings. The van der Waals surface area contributed by atoms with Crippen molar-refractivity contribution in [1.82, 2.24) is 4.98 Å². The zero-order chi connectivity index (χ0) is 19.4. The third kappa shape index (κ3) is 4.51. The van der Waals surface area contributed by atoms with Crippen molar-refractivity contribution in [3.8, 4) is 0 Å². The van der Waals surface area contributed by atoms with Gasteiger partial charge in [0.15, 0.2) is 0 Å². The number of nitrogens with one attached hydrogen (secondary N) is 2. The minimum atomic E-state index is -3.72. The quantitative estimate of drug-likeness (QED) is 0.704. The van der Waals surface area contributed by atoms with Gasteiger partial charge in [-0.1, -0.05) is 12.1 Å². The van der Waals surface area contributed by atoms with Gasteiger partial charge in [0.1, 0.15) is 5.69 Å². The fourth-order valence-electron chi connectivity index (χ4n) is 2.43. The number of carbonyl (C=O) groups is 1. The molecule has 0 fully saturated rings. The summed E-state index contributed by atoms with van der Waals surface area (Å²) in [5, 5.41) is 2.68. The summed E-state index contributed by atoms with van der Waals surface area (Å²) in [5.41, 5.74) is 3.36. The van der Waals surface area contributed by atoms with Crippen LogP contribution < -0.4 is 10.0 Å². The molecule has 2 N–H and O–H groups in total. The molecule has 138 valence electrons. The van der Waals surface area contributed by atoms with Crippen LogP contribution in [0.3, 0.4) is 0 Å². The SMILES string of the molecule is Cc1ccc(NS(=O)(=O)c2ccc(NC(=O)c3ccccn3)cc2)cc1C. The largest absolute Gasteiger partial charge is 0.321 e. The topological polar surface area (TPSA) is 88.2 Å². The molecule has 0 spiro atoms. The molecule has 0 aliphatic carbocycles. The van der Waals surface area contributed by atoms with E-state index < -0.39 is 10.0 Å². The molecule has 0 atom stereocenters. The minimum absolute atomic E-state index is 0.108. The van der Waals surface area contributed by atoms with Gasteiger partial charge in [0.25, 0.3) is 15.9 Å². The van der Waals surface area contributed by atoms with E-state index in [0.29, 0.717) is 11.4 Å². The van der Waals surface area contributed by atoms with Gasteiger partial charge in [-0.2, -0.15) is 0 Å². The van der Waals surface area contributed by atoms with Gasteiger partial charge in [-0.25, -0.2) is 8.42 Å². The van der Waals surface area contributed by atoms with Crippen molar-refractivity contribution >= 4 is 27.3 Å². The molecular weight excluding hydrogens is 362 g/mol. The second-order valence-corrected chi connectivity index (χ2v) is 7.78. The highest BCUT2D eigenvalue weighted by molar-refractivity contribution is 7.92. The number of pyridine rings is 1. The molecule has 3 rings (SSSR count). The summed E-state index contributed by atoms with van der Waals surface area (Å²) >= 11 is 0. The number of amides is 1. The predicted molar refractivity (Wildman–Crippen MR) is 105 cm³/mol. The normalized spacial score (nSPS) is 11.0. The van der Waals surface area contributed by atoms with Crippen molar-refractivity contribution in [3.05, 3.63) is 83.7 Å². The number of hydrogen-bond donors (Lipinski definition) is 2. The lowest BCUT2D eigenvalue weighted by Gasteiger charge is -2.11. The lowest BCUT2D eigenvalue weighted by atomic mass is 10.1. The summed E-state index contributed by atoms with van der Waals surface area (Å²) in [4.78, 5) is 16.2. The van der Waals surface area contributed by atoms with Crippen LogP contribution >= 0.6 is 0 Å². The van der Waals surface area contributed by atoms with Crippen LogP contribution in [0, 0.1) is 13.8 Å². The van der Waals surface area contributed by atoms with Crippen molar-refractivity contribution < 1.29 is 13.2 Å². The molecule has 6 nitrogen and oxygen atoms in total. The van der Waals surface area contributed by atoms with Crippen molar-refractivity contribution in [2.24, 2.45) is 0 Å². The van der Waals surface area contributed by atoms with E-state index in [1.54, 1.807) is 30.3 Å². The average molecular weight is 381 g/mol. The molecule has 0 aliphatic heterocycles. The molecule has 1 heterocycles. The zero-order valence-electron chi connectivity index (χ0n) is 14.9. The molecule has 2 aromatic carbocycles. The summed E-state index contributed by atoms with van der Waals surface area (Å²) in [5.74, 6) is -0.362. The summed E-state index contributed by atoms with van der Waals surface area (Å²) in [7, 11) is -3.72. The molecule has 7 heteroatoms. The van der Waals surface area contributed by atoms with E-state index in [1.807, 2.05) is 19.9 Å². The van der Waals surface area contributed by atoms with Crippen LogP contribution in [-0.4, -0.2) is 19.3 Å². The first-order valence-electron chi connectivity index (χ1n) is 8.28. The van der Waals surface area contributed by atoms with Crippen LogP contribution in [0.4, 0.5) is 11.4 Å². The Morgan fingerprint density at radius 3 is 2.22 bits per heavy atom. The third-order valence-corrected chi connectivity index (χ3v) is 5.48. The maximum absolute atomic E-state index is 12.5. The fourth-order valence-corrected chi connectivity index (χ4v) is 3.48. The lowest BCUT2D eigenvalue weighted by molar-refractivity contribution is 0.102. The fraction of sp³-hybridized carbons (Fsp3) is 0.100. The molecule has 0 radical (unpaired) electrons. The highest BCUT2D eigenvalue weighted by Gasteiger charge is 2.15. The molecule has 27 heavy (non-hydrogen) atoms. The molecule has 0 aliphatic rings. The predicted octanol–water partition coefficient (Wildman–Crippen LogP) is 3.75. The maximum Gasteiger partial charge on any atom is 0.274 e. The number of hydrogen-bond acceptors (Lipinski definition) is 4. The second-order valence-electron chi connectivity index (χ2n) is 6.10. The summed E-state index contributed by atoms with van der Waals surface area (Å²) in [6.45, 7) is 3.89. The standard InChI is InChI=1S/C20H19N3O3S/c1-14-6-7-17(13-15(14)2)23-27(25,26)18-10-8-16(9-11-18)22-20(24)19-5-3-4-12-21-19/h3-13,23H,1-2H3,(H,22,24). The first-order chi connectivity index (χ1) is 12.8. The Bertz CT molecular complexity index is 1060. The highest BCUT2D eigenvalue weighted by atomic mass is 32.2. The third-order valence-electron chi connectivity index (χ3n) is 4.08. The first kappa shape index (κ1) is 18.6. The van der Waals surface area contributed by atoms with Crippen molar-refractivity contribution in [3.63, 3.8) is 0 Å². The molecule has 0 saturated heterocycles. The van der Waals surface area contributed by atoms with Crippen LogP contribution in [0.25, 0.3) is 0 Å². The van der Waals surface area contributed by atoms with E-state index in [1.165, 1.54) is 30.5 Å². The maximum atomic E-state index is 12.5. The Kier molecular flexibility index (Phi) is 5.23. The molecule has 0 bridgehead atoms. The number of anilines is 2. The van der Waals surface area contributed by atoms with Crippen LogP contribution in [0.2, 0.25) is 0 Å². The smallest absolute Gasteiger partial charge is 0.274 e. The Morgan fingerprint density at radius 1 is 0.889 bits per heavy atom. The summed E-state index contributed by atoms with van der Waals surface area (Å²) in [6.07, 6.45) is 1.53. The van der Waals surface area contributed by atoms with Gasteiger partial charge in [0, 0.05) is 17.6 Å². The average Bonchev–Trinajstić information content (AvgIpc) is 2.66. The van der Waals surface area contributed by atoms with Crippen LogP contribution in [-0.2, 0) is 10.0 Å². The van der Waals surface area contributed by atoms with Gasteiger partial charge >= 0.3 is 0 Å². The number of aromatic nitrogens is 1. The first-order valence-corrected chi connectivity index (χ1v) is 9.76. The van der Waals surface area contributed by atoms with Gasteiger partial charge in [0.2, 0.25) is 0 Å². The van der Waals surface area contributed by atoms with Gasteiger partial charge < -0.3 is 5.32 Å². The monoisotopic (exact) mass is 381 g/mol. The second kappa shape index (κ2) is 7.59. The van der Waals surface area contributed by atoms with Gasteiger partial charge in [0.05, 0.1) is 4.90 Å². The number of aryl methyl sites for hydroxylation is 2. The lowest BCUT2D eigenvalue weighted by Crippen LogP contribution is -2.15. The molecular formula is C20H19N3O3S. The van der Waals surface area contributed by atoms with E-state index in [0.717, 1.165) is 11.1 Å². The zero-order valence-corrected chi connectivity index (χ0v) is 15.7.